The maximum atomic E-state index is 12.6. The number of non-ortho nitro benzene ring substituents is 1. The van der Waals surface area contributed by atoms with E-state index < -0.39 is 4.92 Å². The summed E-state index contributed by atoms with van der Waals surface area (Å²) in [4.78, 5) is 37.8. The molecule has 8 nitrogen and oxygen atoms in total. The van der Waals surface area contributed by atoms with Gasteiger partial charge in [-0.05, 0) is 33.2 Å². The molecule has 8 heteroatoms. The Morgan fingerprint density at radius 3 is 2.25 bits per heavy atom. The number of carbonyl (C=O) groups excluding carboxylic acids is 2. The number of nitro benzene ring substituents is 1. The van der Waals surface area contributed by atoms with Crippen molar-refractivity contribution in [2.75, 3.05) is 40.3 Å². The van der Waals surface area contributed by atoms with Crippen LogP contribution in [-0.4, -0.2) is 66.9 Å². The summed E-state index contributed by atoms with van der Waals surface area (Å²) >= 11 is 0. The number of nitro groups is 1. The molecule has 0 aliphatic rings. The Hall–Kier alpha value is -2.48. The van der Waals surface area contributed by atoms with Crippen LogP contribution in [0.5, 0.6) is 0 Å². The third-order valence-corrected chi connectivity index (χ3v) is 3.32. The number of hydrogen-bond donors (Lipinski definition) is 0. The molecule has 1 rings (SSSR count). The Bertz CT molecular complexity index is 572. The zero-order valence-electron chi connectivity index (χ0n) is 14.2. The van der Waals surface area contributed by atoms with Gasteiger partial charge in [0.1, 0.15) is 0 Å². The van der Waals surface area contributed by atoms with E-state index in [2.05, 4.69) is 0 Å². The van der Waals surface area contributed by atoms with Gasteiger partial charge < -0.3 is 14.5 Å². The molecule has 0 aromatic heterocycles. The molecule has 132 valence electrons. The van der Waals surface area contributed by atoms with Crippen molar-refractivity contribution >= 4 is 17.6 Å². The van der Waals surface area contributed by atoms with Crippen LogP contribution in [0, 0.1) is 10.1 Å². The zero-order chi connectivity index (χ0) is 18.1. The van der Waals surface area contributed by atoms with Gasteiger partial charge in [0.25, 0.3) is 11.6 Å². The first kappa shape index (κ1) is 19.6. The molecule has 0 fully saturated rings. The number of hydrogen-bond acceptors (Lipinski definition) is 6. The third kappa shape index (κ3) is 6.33. The van der Waals surface area contributed by atoms with Crippen LogP contribution >= 0.6 is 0 Å². The summed E-state index contributed by atoms with van der Waals surface area (Å²) in [5, 5.41) is 10.7. The first-order chi connectivity index (χ1) is 11.3. The number of nitrogens with zero attached hydrogens (tertiary/aromatic N) is 3. The minimum absolute atomic E-state index is 0.0714. The fraction of sp³-hybridized carbons (Fsp3) is 0.500. The normalized spacial score (nSPS) is 10.5. The van der Waals surface area contributed by atoms with Gasteiger partial charge in [0.2, 0.25) is 0 Å². The predicted molar refractivity (Wildman–Crippen MR) is 88.8 cm³/mol. The number of rotatable bonds is 9. The van der Waals surface area contributed by atoms with Gasteiger partial charge in [-0.1, -0.05) is 0 Å². The van der Waals surface area contributed by atoms with Crippen molar-refractivity contribution in [3.05, 3.63) is 39.9 Å². The van der Waals surface area contributed by atoms with Crippen LogP contribution < -0.4 is 0 Å². The molecule has 0 N–H and O–H groups in total. The van der Waals surface area contributed by atoms with E-state index in [1.165, 1.54) is 24.3 Å². The molecule has 1 aromatic rings. The lowest BCUT2D eigenvalue weighted by atomic mass is 10.1. The van der Waals surface area contributed by atoms with Crippen LogP contribution in [0.3, 0.4) is 0 Å². The molecule has 0 aliphatic heterocycles. The Morgan fingerprint density at radius 1 is 1.12 bits per heavy atom. The topological polar surface area (TPSA) is 93.0 Å². The first-order valence-corrected chi connectivity index (χ1v) is 7.69. The summed E-state index contributed by atoms with van der Waals surface area (Å²) in [5.74, 6) is -0.625. The number of benzene rings is 1. The van der Waals surface area contributed by atoms with Crippen molar-refractivity contribution in [3.8, 4) is 0 Å². The quantitative estimate of drug-likeness (QED) is 0.386. The molecule has 0 atom stereocenters. The van der Waals surface area contributed by atoms with E-state index in [1.54, 1.807) is 11.8 Å². The Morgan fingerprint density at radius 2 is 1.75 bits per heavy atom. The standard InChI is InChI=1S/C16H23N3O5/c1-4-24-15(20)9-10-18(12-11-17(2)3)16(21)13-5-7-14(8-6-13)19(22)23/h5-8H,4,9-12H2,1-3H3. The lowest BCUT2D eigenvalue weighted by Gasteiger charge is -2.24. The SMILES string of the molecule is CCOC(=O)CCN(CCN(C)C)C(=O)c1ccc([N+](=O)[O-])cc1. The first-order valence-electron chi connectivity index (χ1n) is 7.69. The van der Waals surface area contributed by atoms with E-state index in [1.807, 2.05) is 19.0 Å². The molecular weight excluding hydrogens is 314 g/mol. The molecule has 0 saturated heterocycles. The monoisotopic (exact) mass is 337 g/mol. The van der Waals surface area contributed by atoms with Gasteiger partial charge in [-0.3, -0.25) is 19.7 Å². The maximum Gasteiger partial charge on any atom is 0.307 e. The van der Waals surface area contributed by atoms with E-state index in [4.69, 9.17) is 4.74 Å². The van der Waals surface area contributed by atoms with E-state index in [9.17, 15) is 19.7 Å². The molecule has 0 unspecified atom stereocenters. The highest BCUT2D eigenvalue weighted by Gasteiger charge is 2.18. The lowest BCUT2D eigenvalue weighted by molar-refractivity contribution is -0.384. The summed E-state index contributed by atoms with van der Waals surface area (Å²) in [7, 11) is 3.78. The maximum absolute atomic E-state index is 12.6. The number of amides is 1. The lowest BCUT2D eigenvalue weighted by Crippen LogP contribution is -2.38. The highest BCUT2D eigenvalue weighted by molar-refractivity contribution is 5.94. The minimum Gasteiger partial charge on any atom is -0.466 e. The molecule has 0 spiro atoms. The summed E-state index contributed by atoms with van der Waals surface area (Å²) in [5.41, 5.74) is 0.279. The minimum atomic E-state index is -0.515. The van der Waals surface area contributed by atoms with Crippen LogP contribution in [0.25, 0.3) is 0 Å². The van der Waals surface area contributed by atoms with Crippen LogP contribution in [0.2, 0.25) is 0 Å². The van der Waals surface area contributed by atoms with Gasteiger partial charge >= 0.3 is 5.97 Å². The summed E-state index contributed by atoms with van der Waals surface area (Å²) in [6.07, 6.45) is 0.111. The zero-order valence-corrected chi connectivity index (χ0v) is 14.2. The third-order valence-electron chi connectivity index (χ3n) is 3.32. The van der Waals surface area contributed by atoms with Gasteiger partial charge in [0, 0.05) is 37.3 Å². The van der Waals surface area contributed by atoms with Crippen molar-refractivity contribution in [3.63, 3.8) is 0 Å². The molecule has 0 saturated carbocycles. The largest absolute Gasteiger partial charge is 0.466 e. The fourth-order valence-electron chi connectivity index (χ4n) is 2.00. The van der Waals surface area contributed by atoms with E-state index >= 15 is 0 Å². The van der Waals surface area contributed by atoms with Crippen molar-refractivity contribution in [2.45, 2.75) is 13.3 Å². The van der Waals surface area contributed by atoms with Crippen LogP contribution in [-0.2, 0) is 9.53 Å². The van der Waals surface area contributed by atoms with Crippen LogP contribution in [0.1, 0.15) is 23.7 Å². The van der Waals surface area contributed by atoms with Crippen molar-refractivity contribution < 1.29 is 19.2 Å². The summed E-state index contributed by atoms with van der Waals surface area (Å²) in [6, 6.07) is 5.44. The Balaban J connectivity index is 2.81. The molecule has 0 aliphatic carbocycles. The van der Waals surface area contributed by atoms with Crippen LogP contribution in [0.4, 0.5) is 5.69 Å². The molecular formula is C16H23N3O5. The van der Waals surface area contributed by atoms with E-state index in [0.29, 0.717) is 25.3 Å². The van der Waals surface area contributed by atoms with E-state index in [-0.39, 0.29) is 30.5 Å². The highest BCUT2D eigenvalue weighted by Crippen LogP contribution is 2.14. The molecule has 0 heterocycles. The summed E-state index contributed by atoms with van der Waals surface area (Å²) < 4.78 is 4.88. The van der Waals surface area contributed by atoms with E-state index in [0.717, 1.165) is 0 Å². The Labute approximate surface area is 141 Å². The number of likely N-dealkylation sites (N-methyl/N-ethyl adjacent to an activating group) is 1. The second-order valence-electron chi connectivity index (χ2n) is 5.45. The van der Waals surface area contributed by atoms with Crippen molar-refractivity contribution in [2.24, 2.45) is 0 Å². The second kappa shape index (κ2) is 9.61. The number of esters is 1. The van der Waals surface area contributed by atoms with Gasteiger partial charge in [-0.25, -0.2) is 0 Å². The molecule has 24 heavy (non-hydrogen) atoms. The summed E-state index contributed by atoms with van der Waals surface area (Å²) in [6.45, 7) is 3.35. The van der Waals surface area contributed by atoms with Crippen molar-refractivity contribution in [1.29, 1.82) is 0 Å². The van der Waals surface area contributed by atoms with Gasteiger partial charge in [-0.15, -0.1) is 0 Å². The van der Waals surface area contributed by atoms with Gasteiger partial charge in [0.15, 0.2) is 0 Å². The average molecular weight is 337 g/mol. The molecule has 1 aromatic carbocycles. The average Bonchev–Trinajstić information content (AvgIpc) is 2.54. The number of carbonyl (C=O) groups is 2. The second-order valence-corrected chi connectivity index (χ2v) is 5.45. The van der Waals surface area contributed by atoms with Gasteiger partial charge in [-0.2, -0.15) is 0 Å². The van der Waals surface area contributed by atoms with Crippen LogP contribution in [0.15, 0.2) is 24.3 Å². The smallest absolute Gasteiger partial charge is 0.307 e. The molecule has 0 radical (unpaired) electrons. The fourth-order valence-corrected chi connectivity index (χ4v) is 2.00. The Kier molecular flexibility index (Phi) is 7.84. The molecule has 0 bridgehead atoms. The number of ether oxygens (including phenoxy) is 1. The van der Waals surface area contributed by atoms with Gasteiger partial charge in [0.05, 0.1) is 18.0 Å². The predicted octanol–water partition coefficient (Wildman–Crippen LogP) is 1.55. The molecule has 1 amide bonds. The van der Waals surface area contributed by atoms with Crippen molar-refractivity contribution in [1.82, 2.24) is 9.80 Å². The highest BCUT2D eigenvalue weighted by atomic mass is 16.6.